The second-order valence-corrected chi connectivity index (χ2v) is 6.07. The number of hydrogen-bond acceptors (Lipinski definition) is 2. The van der Waals surface area contributed by atoms with Gasteiger partial charge in [-0.2, -0.15) is 0 Å². The quantitative estimate of drug-likeness (QED) is 0.888. The number of fused-ring (bicyclic) bond motifs is 1. The zero-order valence-electron chi connectivity index (χ0n) is 11.1. The summed E-state index contributed by atoms with van der Waals surface area (Å²) in [4.78, 5) is 1.29. The molecule has 2 aromatic rings. The highest BCUT2D eigenvalue weighted by molar-refractivity contribution is 7.99. The van der Waals surface area contributed by atoms with Gasteiger partial charge in [-0.1, -0.05) is 18.2 Å². The van der Waals surface area contributed by atoms with E-state index in [1.54, 1.807) is 6.92 Å². The summed E-state index contributed by atoms with van der Waals surface area (Å²) in [7, 11) is 0. The third kappa shape index (κ3) is 2.52. The summed E-state index contributed by atoms with van der Waals surface area (Å²) in [5.41, 5.74) is 1.86. The van der Waals surface area contributed by atoms with Gasteiger partial charge in [0.05, 0.1) is 5.69 Å². The molecule has 0 aliphatic carbocycles. The van der Waals surface area contributed by atoms with E-state index < -0.39 is 5.82 Å². The maximum atomic E-state index is 13.8. The SMILES string of the molecule is Cc1cc(F)c(NCC2CSc3ccccc32)cc1F. The maximum Gasteiger partial charge on any atom is 0.146 e. The van der Waals surface area contributed by atoms with Crippen LogP contribution in [-0.2, 0) is 0 Å². The number of benzene rings is 2. The van der Waals surface area contributed by atoms with Crippen molar-refractivity contribution in [2.75, 3.05) is 17.6 Å². The van der Waals surface area contributed by atoms with Crippen LogP contribution in [0.25, 0.3) is 0 Å². The van der Waals surface area contributed by atoms with E-state index in [0.29, 0.717) is 18.0 Å². The normalized spacial score (nSPS) is 17.1. The fourth-order valence-corrected chi connectivity index (χ4v) is 3.67. The molecule has 1 N–H and O–H groups in total. The fourth-order valence-electron chi connectivity index (χ4n) is 2.41. The summed E-state index contributed by atoms with van der Waals surface area (Å²) in [6, 6.07) is 10.7. The molecule has 0 amide bonds. The first-order valence-corrected chi connectivity index (χ1v) is 7.55. The summed E-state index contributed by atoms with van der Waals surface area (Å²) in [5, 5.41) is 3.04. The molecule has 3 rings (SSSR count). The highest BCUT2D eigenvalue weighted by atomic mass is 32.2. The van der Waals surface area contributed by atoms with Crippen LogP contribution < -0.4 is 5.32 Å². The molecule has 0 saturated carbocycles. The Morgan fingerprint density at radius 1 is 1.20 bits per heavy atom. The van der Waals surface area contributed by atoms with Crippen LogP contribution in [0.15, 0.2) is 41.3 Å². The Hall–Kier alpha value is -1.55. The van der Waals surface area contributed by atoms with Crippen LogP contribution in [0.3, 0.4) is 0 Å². The predicted octanol–water partition coefficient (Wildman–Crippen LogP) is 4.57. The first-order chi connectivity index (χ1) is 9.65. The van der Waals surface area contributed by atoms with Gasteiger partial charge in [-0.25, -0.2) is 8.78 Å². The average Bonchev–Trinajstić information content (AvgIpc) is 2.85. The van der Waals surface area contributed by atoms with Gasteiger partial charge < -0.3 is 5.32 Å². The highest BCUT2D eigenvalue weighted by Gasteiger charge is 2.22. The van der Waals surface area contributed by atoms with Gasteiger partial charge in [0, 0.05) is 29.2 Å². The molecule has 1 aliphatic heterocycles. The molecular weight excluding hydrogens is 276 g/mol. The molecular formula is C16H15F2NS. The molecule has 0 spiro atoms. The van der Waals surface area contributed by atoms with Crippen molar-refractivity contribution >= 4 is 17.4 Å². The third-order valence-electron chi connectivity index (χ3n) is 3.59. The Bertz CT molecular complexity index is 642. The lowest BCUT2D eigenvalue weighted by molar-refractivity contribution is 0.594. The molecule has 104 valence electrons. The Morgan fingerprint density at radius 2 is 2.00 bits per heavy atom. The number of halogens is 2. The molecule has 0 saturated heterocycles. The van der Waals surface area contributed by atoms with Gasteiger partial charge in [0.1, 0.15) is 11.6 Å². The molecule has 4 heteroatoms. The van der Waals surface area contributed by atoms with Gasteiger partial charge in [0.25, 0.3) is 0 Å². The molecule has 0 radical (unpaired) electrons. The largest absolute Gasteiger partial charge is 0.382 e. The average molecular weight is 291 g/mol. The molecule has 0 fully saturated rings. The van der Waals surface area contributed by atoms with Crippen LogP contribution in [0.5, 0.6) is 0 Å². The van der Waals surface area contributed by atoms with Crippen molar-refractivity contribution in [3.05, 3.63) is 59.2 Å². The lowest BCUT2D eigenvalue weighted by Crippen LogP contribution is -2.13. The van der Waals surface area contributed by atoms with Crippen molar-refractivity contribution < 1.29 is 8.78 Å². The van der Waals surface area contributed by atoms with Crippen LogP contribution in [0.2, 0.25) is 0 Å². The topological polar surface area (TPSA) is 12.0 Å². The van der Waals surface area contributed by atoms with E-state index in [1.165, 1.54) is 22.6 Å². The minimum atomic E-state index is -0.400. The summed E-state index contributed by atoms with van der Waals surface area (Å²) in [6.07, 6.45) is 0. The van der Waals surface area contributed by atoms with Gasteiger partial charge in [0.15, 0.2) is 0 Å². The zero-order chi connectivity index (χ0) is 14.1. The van der Waals surface area contributed by atoms with Gasteiger partial charge in [-0.3, -0.25) is 0 Å². The molecule has 1 heterocycles. The number of anilines is 1. The molecule has 20 heavy (non-hydrogen) atoms. The van der Waals surface area contributed by atoms with Gasteiger partial charge in [-0.05, 0) is 30.2 Å². The number of thioether (sulfide) groups is 1. The van der Waals surface area contributed by atoms with Gasteiger partial charge >= 0.3 is 0 Å². The third-order valence-corrected chi connectivity index (χ3v) is 4.84. The lowest BCUT2D eigenvalue weighted by atomic mass is 10.0. The van der Waals surface area contributed by atoms with Crippen molar-refractivity contribution in [2.24, 2.45) is 0 Å². The maximum absolute atomic E-state index is 13.8. The van der Waals surface area contributed by atoms with E-state index in [2.05, 4.69) is 17.4 Å². The number of rotatable bonds is 3. The zero-order valence-corrected chi connectivity index (χ0v) is 11.9. The van der Waals surface area contributed by atoms with Crippen molar-refractivity contribution in [1.82, 2.24) is 0 Å². The summed E-state index contributed by atoms with van der Waals surface area (Å²) < 4.78 is 27.3. The van der Waals surface area contributed by atoms with E-state index in [0.717, 1.165) is 5.75 Å². The molecule has 1 unspecified atom stereocenters. The number of nitrogens with one attached hydrogen (secondary N) is 1. The first-order valence-electron chi connectivity index (χ1n) is 6.56. The van der Waals surface area contributed by atoms with Crippen LogP contribution in [-0.4, -0.2) is 12.3 Å². The second kappa shape index (κ2) is 5.44. The first kappa shape index (κ1) is 13.4. The highest BCUT2D eigenvalue weighted by Crippen LogP contribution is 2.39. The number of aryl methyl sites for hydroxylation is 1. The van der Waals surface area contributed by atoms with Crippen LogP contribution >= 0.6 is 11.8 Å². The second-order valence-electron chi connectivity index (χ2n) is 5.01. The summed E-state index contributed by atoms with van der Waals surface area (Å²) in [5.74, 6) is 0.528. The smallest absolute Gasteiger partial charge is 0.146 e. The Kier molecular flexibility index (Phi) is 3.66. The molecule has 2 aromatic carbocycles. The van der Waals surface area contributed by atoms with Crippen LogP contribution in [0.1, 0.15) is 17.0 Å². The van der Waals surface area contributed by atoms with E-state index >= 15 is 0 Å². The van der Waals surface area contributed by atoms with Crippen molar-refractivity contribution in [3.8, 4) is 0 Å². The van der Waals surface area contributed by atoms with E-state index in [1.807, 2.05) is 23.9 Å². The minimum Gasteiger partial charge on any atom is -0.382 e. The monoisotopic (exact) mass is 291 g/mol. The van der Waals surface area contributed by atoms with Gasteiger partial charge in [-0.15, -0.1) is 11.8 Å². The summed E-state index contributed by atoms with van der Waals surface area (Å²) >= 11 is 1.81. The van der Waals surface area contributed by atoms with E-state index in [9.17, 15) is 8.78 Å². The fraction of sp³-hybridized carbons (Fsp3) is 0.250. The van der Waals surface area contributed by atoms with Crippen LogP contribution in [0.4, 0.5) is 14.5 Å². The molecule has 0 aromatic heterocycles. The van der Waals surface area contributed by atoms with Gasteiger partial charge in [0.2, 0.25) is 0 Å². The molecule has 1 aliphatic rings. The lowest BCUT2D eigenvalue weighted by Gasteiger charge is -2.14. The standard InChI is InChI=1S/C16H15F2NS/c1-10-6-14(18)15(7-13(10)17)19-8-11-9-20-16-5-3-2-4-12(11)16/h2-7,11,19H,8-9H2,1H3. The summed E-state index contributed by atoms with van der Waals surface area (Å²) in [6.45, 7) is 2.18. The Labute approximate surface area is 121 Å². The Morgan fingerprint density at radius 3 is 2.85 bits per heavy atom. The minimum absolute atomic E-state index is 0.238. The van der Waals surface area contributed by atoms with E-state index in [4.69, 9.17) is 0 Å². The predicted molar refractivity (Wildman–Crippen MR) is 79.5 cm³/mol. The Balaban J connectivity index is 1.74. The van der Waals surface area contributed by atoms with E-state index in [-0.39, 0.29) is 11.5 Å². The molecule has 0 bridgehead atoms. The molecule has 1 atom stereocenters. The van der Waals surface area contributed by atoms with Crippen LogP contribution in [0, 0.1) is 18.6 Å². The van der Waals surface area contributed by atoms with Crippen molar-refractivity contribution in [2.45, 2.75) is 17.7 Å². The molecule has 1 nitrogen and oxygen atoms in total. The van der Waals surface area contributed by atoms with Crippen molar-refractivity contribution in [3.63, 3.8) is 0 Å². The van der Waals surface area contributed by atoms with Crippen molar-refractivity contribution in [1.29, 1.82) is 0 Å². The number of hydrogen-bond donors (Lipinski definition) is 1.